The van der Waals surface area contributed by atoms with Gasteiger partial charge in [-0.2, -0.15) is 0 Å². The zero-order valence-electron chi connectivity index (χ0n) is 10.1. The molecule has 0 fully saturated rings. The number of halogens is 2. The fraction of sp³-hybridized carbons (Fsp3) is 0.0714. The zero-order chi connectivity index (χ0) is 14.3. The van der Waals surface area contributed by atoms with Crippen LogP contribution in [0.25, 0.3) is 0 Å². The van der Waals surface area contributed by atoms with Gasteiger partial charge >= 0.3 is 0 Å². The van der Waals surface area contributed by atoms with Gasteiger partial charge in [0.1, 0.15) is 0 Å². The highest BCUT2D eigenvalue weighted by molar-refractivity contribution is 6.54. The predicted molar refractivity (Wildman–Crippen MR) is 76.2 cm³/mol. The number of fused-ring (bicyclic) bond motifs is 1. The number of hydrogen-bond donors (Lipinski definition) is 0. The molecule has 0 bridgehead atoms. The third-order valence-electron chi connectivity index (χ3n) is 3.05. The number of pyridine rings is 1. The first-order chi connectivity index (χ1) is 9.58. The van der Waals surface area contributed by atoms with Gasteiger partial charge in [-0.15, -0.1) is 0 Å². The molecule has 2 aromatic rings. The molecule has 20 heavy (non-hydrogen) atoms. The van der Waals surface area contributed by atoms with Crippen molar-refractivity contribution in [2.24, 2.45) is 0 Å². The Morgan fingerprint density at radius 3 is 2.70 bits per heavy atom. The lowest BCUT2D eigenvalue weighted by atomic mass is 10.1. The normalized spacial score (nSPS) is 13.8. The van der Waals surface area contributed by atoms with Gasteiger partial charge in [0.05, 0.1) is 22.8 Å². The summed E-state index contributed by atoms with van der Waals surface area (Å²) in [6, 6.07) is 6.57. The maximum Gasteiger partial charge on any atom is 0.299 e. The van der Waals surface area contributed by atoms with Crippen LogP contribution in [0.4, 0.5) is 5.69 Å². The molecule has 1 aromatic carbocycles. The molecule has 1 aliphatic heterocycles. The SMILES string of the molecule is O=C1C(=O)N(Cc2cccnc2)c2c(Cl)cc(Cl)cc21. The van der Waals surface area contributed by atoms with E-state index < -0.39 is 11.7 Å². The van der Waals surface area contributed by atoms with Gasteiger partial charge in [-0.1, -0.05) is 29.3 Å². The summed E-state index contributed by atoms with van der Waals surface area (Å²) in [4.78, 5) is 29.4. The molecule has 0 saturated carbocycles. The van der Waals surface area contributed by atoms with Crippen LogP contribution >= 0.6 is 23.2 Å². The molecule has 0 spiro atoms. The molecule has 6 heteroatoms. The number of nitrogens with zero attached hydrogens (tertiary/aromatic N) is 2. The van der Waals surface area contributed by atoms with Crippen LogP contribution in [-0.4, -0.2) is 16.7 Å². The fourth-order valence-electron chi connectivity index (χ4n) is 2.18. The van der Waals surface area contributed by atoms with Crippen LogP contribution in [0.5, 0.6) is 0 Å². The molecule has 1 aliphatic rings. The number of benzene rings is 1. The number of ketones is 1. The standard InChI is InChI=1S/C14H8Cl2N2O2/c15-9-4-10-12(11(16)5-9)18(14(20)13(10)19)7-8-2-1-3-17-6-8/h1-6H,7H2. The molecule has 0 aliphatic carbocycles. The zero-order valence-corrected chi connectivity index (χ0v) is 11.6. The minimum absolute atomic E-state index is 0.243. The van der Waals surface area contributed by atoms with Crippen LogP contribution in [-0.2, 0) is 11.3 Å². The van der Waals surface area contributed by atoms with Crippen LogP contribution in [0.1, 0.15) is 15.9 Å². The third-order valence-corrected chi connectivity index (χ3v) is 3.55. The van der Waals surface area contributed by atoms with Crippen molar-refractivity contribution in [1.29, 1.82) is 0 Å². The van der Waals surface area contributed by atoms with E-state index in [1.54, 1.807) is 18.5 Å². The van der Waals surface area contributed by atoms with E-state index in [1.165, 1.54) is 17.0 Å². The third kappa shape index (κ3) is 2.07. The summed E-state index contributed by atoms with van der Waals surface area (Å²) in [6.07, 6.45) is 3.28. The largest absolute Gasteiger partial charge is 0.299 e. The topological polar surface area (TPSA) is 50.3 Å². The maximum absolute atomic E-state index is 12.1. The summed E-state index contributed by atoms with van der Waals surface area (Å²) >= 11 is 12.0. The van der Waals surface area contributed by atoms with Gasteiger partial charge in [0.15, 0.2) is 0 Å². The Morgan fingerprint density at radius 2 is 2.00 bits per heavy atom. The summed E-state index contributed by atoms with van der Waals surface area (Å²) < 4.78 is 0. The first-order valence-electron chi connectivity index (χ1n) is 5.82. The molecule has 3 rings (SSSR count). The second kappa shape index (κ2) is 4.89. The number of rotatable bonds is 2. The minimum atomic E-state index is -0.604. The first kappa shape index (κ1) is 13.1. The average Bonchev–Trinajstić information content (AvgIpc) is 2.65. The number of amides is 1. The van der Waals surface area contributed by atoms with E-state index in [0.717, 1.165) is 5.56 Å². The quantitative estimate of drug-likeness (QED) is 0.801. The second-order valence-corrected chi connectivity index (χ2v) is 5.21. The van der Waals surface area contributed by atoms with Gasteiger partial charge < -0.3 is 0 Å². The average molecular weight is 307 g/mol. The molecule has 1 aromatic heterocycles. The molecule has 100 valence electrons. The van der Waals surface area contributed by atoms with Gasteiger partial charge in [0.25, 0.3) is 11.7 Å². The van der Waals surface area contributed by atoms with E-state index in [9.17, 15) is 9.59 Å². The summed E-state index contributed by atoms with van der Waals surface area (Å²) in [5.41, 5.74) is 1.47. The highest BCUT2D eigenvalue weighted by Crippen LogP contribution is 2.38. The van der Waals surface area contributed by atoms with Crippen molar-refractivity contribution in [1.82, 2.24) is 4.98 Å². The number of anilines is 1. The predicted octanol–water partition coefficient (Wildman–Crippen LogP) is 3.12. The smallest absolute Gasteiger partial charge is 0.299 e. The molecule has 2 heterocycles. The van der Waals surface area contributed by atoms with Crippen molar-refractivity contribution in [3.63, 3.8) is 0 Å². The van der Waals surface area contributed by atoms with Gasteiger partial charge in [0, 0.05) is 17.4 Å². The monoisotopic (exact) mass is 306 g/mol. The van der Waals surface area contributed by atoms with Crippen LogP contribution < -0.4 is 4.90 Å². The summed E-state index contributed by atoms with van der Waals surface area (Å²) in [7, 11) is 0. The highest BCUT2D eigenvalue weighted by atomic mass is 35.5. The van der Waals surface area contributed by atoms with E-state index in [2.05, 4.69) is 4.98 Å². The summed E-state index contributed by atoms with van der Waals surface area (Å²) in [5.74, 6) is -1.19. The Hall–Kier alpha value is -1.91. The Labute approximate surface area is 124 Å². The lowest BCUT2D eigenvalue weighted by molar-refractivity contribution is -0.114. The number of carbonyl (C=O) groups excluding carboxylic acids is 2. The number of hydrogen-bond acceptors (Lipinski definition) is 3. The van der Waals surface area contributed by atoms with Crippen LogP contribution in [0, 0.1) is 0 Å². The Morgan fingerprint density at radius 1 is 1.20 bits per heavy atom. The lowest BCUT2D eigenvalue weighted by Gasteiger charge is -2.17. The number of carbonyl (C=O) groups is 2. The fourth-order valence-corrected chi connectivity index (χ4v) is 2.77. The molecular weight excluding hydrogens is 299 g/mol. The second-order valence-electron chi connectivity index (χ2n) is 4.37. The molecule has 1 amide bonds. The van der Waals surface area contributed by atoms with Crippen molar-refractivity contribution in [3.05, 3.63) is 57.8 Å². The first-order valence-corrected chi connectivity index (χ1v) is 6.57. The lowest BCUT2D eigenvalue weighted by Crippen LogP contribution is -2.29. The molecule has 0 radical (unpaired) electrons. The molecule has 4 nitrogen and oxygen atoms in total. The number of Topliss-reactive ketones (excluding diaryl/α,β-unsaturated/α-hetero) is 1. The van der Waals surface area contributed by atoms with E-state index in [0.29, 0.717) is 10.7 Å². The van der Waals surface area contributed by atoms with Crippen LogP contribution in [0.3, 0.4) is 0 Å². The minimum Gasteiger partial charge on any atom is -0.299 e. The van der Waals surface area contributed by atoms with Crippen molar-refractivity contribution >= 4 is 40.6 Å². The van der Waals surface area contributed by atoms with Crippen molar-refractivity contribution in [2.45, 2.75) is 6.54 Å². The van der Waals surface area contributed by atoms with Gasteiger partial charge in [0.2, 0.25) is 0 Å². The molecule has 0 atom stereocenters. The highest BCUT2D eigenvalue weighted by Gasteiger charge is 2.37. The van der Waals surface area contributed by atoms with E-state index >= 15 is 0 Å². The Bertz CT molecular complexity index is 717. The van der Waals surface area contributed by atoms with E-state index in [4.69, 9.17) is 23.2 Å². The molecule has 0 N–H and O–H groups in total. The number of aromatic nitrogens is 1. The summed E-state index contributed by atoms with van der Waals surface area (Å²) in [6.45, 7) is 0.243. The van der Waals surface area contributed by atoms with Gasteiger partial charge in [-0.05, 0) is 23.8 Å². The van der Waals surface area contributed by atoms with Crippen LogP contribution in [0.2, 0.25) is 10.0 Å². The van der Waals surface area contributed by atoms with Crippen molar-refractivity contribution in [3.8, 4) is 0 Å². The Kier molecular flexibility index (Phi) is 3.20. The maximum atomic E-state index is 12.1. The Balaban J connectivity index is 2.07. The van der Waals surface area contributed by atoms with E-state index in [1.807, 2.05) is 6.07 Å². The van der Waals surface area contributed by atoms with Gasteiger partial charge in [-0.25, -0.2) is 0 Å². The summed E-state index contributed by atoms with van der Waals surface area (Å²) in [5, 5.41) is 0.619. The molecule has 0 unspecified atom stereocenters. The van der Waals surface area contributed by atoms with E-state index in [-0.39, 0.29) is 17.1 Å². The molecule has 0 saturated heterocycles. The van der Waals surface area contributed by atoms with Crippen molar-refractivity contribution in [2.75, 3.05) is 4.90 Å². The van der Waals surface area contributed by atoms with Crippen LogP contribution in [0.15, 0.2) is 36.7 Å². The van der Waals surface area contributed by atoms with Gasteiger partial charge in [-0.3, -0.25) is 19.5 Å². The molecular formula is C14H8Cl2N2O2. The van der Waals surface area contributed by atoms with Crippen molar-refractivity contribution < 1.29 is 9.59 Å².